The van der Waals surface area contributed by atoms with Crippen molar-refractivity contribution in [2.24, 2.45) is 0 Å². The molecule has 5 heteroatoms. The first-order valence-corrected chi connectivity index (χ1v) is 8.30. The van der Waals surface area contributed by atoms with Crippen LogP contribution < -0.4 is 10.1 Å². The van der Waals surface area contributed by atoms with Crippen molar-refractivity contribution < 1.29 is 19.4 Å². The summed E-state index contributed by atoms with van der Waals surface area (Å²) in [6, 6.07) is 11.7. The number of hydrogen-bond acceptors (Lipinski definition) is 3. The summed E-state index contributed by atoms with van der Waals surface area (Å²) < 4.78 is 5.31. The van der Waals surface area contributed by atoms with Crippen molar-refractivity contribution in [2.45, 2.75) is 32.7 Å². The van der Waals surface area contributed by atoms with Gasteiger partial charge in [-0.1, -0.05) is 24.3 Å². The summed E-state index contributed by atoms with van der Waals surface area (Å²) in [4.78, 5) is 23.3. The largest absolute Gasteiger partial charge is 0.481 e. The number of rotatable bonds is 5. The number of ether oxygens (including phenoxy) is 1. The number of hydrogen-bond donors (Lipinski definition) is 2. The van der Waals surface area contributed by atoms with E-state index >= 15 is 0 Å². The predicted molar refractivity (Wildman–Crippen MR) is 94.0 cm³/mol. The van der Waals surface area contributed by atoms with Gasteiger partial charge in [-0.15, -0.1) is 0 Å². The van der Waals surface area contributed by atoms with E-state index in [1.807, 2.05) is 26.0 Å². The van der Waals surface area contributed by atoms with E-state index in [1.54, 1.807) is 12.1 Å². The maximum absolute atomic E-state index is 12.6. The molecule has 25 heavy (non-hydrogen) atoms. The molecule has 2 aromatic carbocycles. The number of aryl methyl sites for hydroxylation is 3. The summed E-state index contributed by atoms with van der Waals surface area (Å²) in [5.74, 6) is -0.636. The second-order valence-corrected chi connectivity index (χ2v) is 6.39. The summed E-state index contributed by atoms with van der Waals surface area (Å²) >= 11 is 0. The number of carbonyl (C=O) groups is 2. The Balaban J connectivity index is 1.76. The Morgan fingerprint density at radius 3 is 2.56 bits per heavy atom. The van der Waals surface area contributed by atoms with Gasteiger partial charge in [-0.2, -0.15) is 0 Å². The summed E-state index contributed by atoms with van der Waals surface area (Å²) in [6.45, 7) is 3.23. The molecule has 0 bridgehead atoms. The third-order valence-corrected chi connectivity index (χ3v) is 4.50. The number of carboxylic acid groups (broad SMARTS) is 1. The first kappa shape index (κ1) is 17.0. The molecule has 0 radical (unpaired) electrons. The van der Waals surface area contributed by atoms with E-state index in [2.05, 4.69) is 17.4 Å². The average molecular weight is 339 g/mol. The lowest BCUT2D eigenvalue weighted by atomic mass is 10.0. The predicted octanol–water partition coefficient (Wildman–Crippen LogP) is 3.18. The maximum atomic E-state index is 12.6. The molecule has 2 N–H and O–H groups in total. The molecule has 1 amide bonds. The standard InChI is InChI=1S/C20H21NO4/c1-12-9-15(10-13(2)19(12)25-11-18(22)23)20(24)21-17-8-7-14-5-3-4-6-16(14)17/h3-6,9-10,17H,7-8,11H2,1-2H3,(H,21,24)(H,22,23). The van der Waals surface area contributed by atoms with Crippen molar-refractivity contribution in [1.82, 2.24) is 5.32 Å². The van der Waals surface area contributed by atoms with Crippen LogP contribution in [0.15, 0.2) is 36.4 Å². The number of amides is 1. The van der Waals surface area contributed by atoms with Crippen LogP contribution in [0.4, 0.5) is 0 Å². The van der Waals surface area contributed by atoms with Gasteiger partial charge in [0.05, 0.1) is 6.04 Å². The number of nitrogens with one attached hydrogen (secondary N) is 1. The molecule has 0 saturated heterocycles. The molecule has 1 unspecified atom stereocenters. The van der Waals surface area contributed by atoms with Gasteiger partial charge in [0.2, 0.25) is 0 Å². The molecule has 0 spiro atoms. The Morgan fingerprint density at radius 1 is 1.20 bits per heavy atom. The Kier molecular flexibility index (Phi) is 4.74. The Labute approximate surface area is 146 Å². The molecule has 2 aromatic rings. The highest BCUT2D eigenvalue weighted by atomic mass is 16.5. The SMILES string of the molecule is Cc1cc(C(=O)NC2CCc3ccccc32)cc(C)c1OCC(=O)O. The molecule has 1 atom stereocenters. The van der Waals surface area contributed by atoms with E-state index in [4.69, 9.17) is 9.84 Å². The van der Waals surface area contributed by atoms with Gasteiger partial charge in [0, 0.05) is 5.56 Å². The molecule has 1 aliphatic carbocycles. The van der Waals surface area contributed by atoms with Crippen molar-refractivity contribution in [3.63, 3.8) is 0 Å². The van der Waals surface area contributed by atoms with E-state index in [0.717, 1.165) is 24.0 Å². The van der Waals surface area contributed by atoms with Crippen LogP contribution in [0.2, 0.25) is 0 Å². The third kappa shape index (κ3) is 3.65. The summed E-state index contributed by atoms with van der Waals surface area (Å²) in [6.07, 6.45) is 1.88. The molecule has 0 fully saturated rings. The van der Waals surface area contributed by atoms with Crippen LogP contribution in [0.25, 0.3) is 0 Å². The number of carboxylic acids is 1. The van der Waals surface area contributed by atoms with Crippen LogP contribution in [0.5, 0.6) is 5.75 Å². The fraction of sp³-hybridized carbons (Fsp3) is 0.300. The molecule has 130 valence electrons. The summed E-state index contributed by atoms with van der Waals surface area (Å²) in [5, 5.41) is 11.9. The van der Waals surface area contributed by atoms with E-state index in [9.17, 15) is 9.59 Å². The first-order chi connectivity index (χ1) is 12.0. The van der Waals surface area contributed by atoms with Gasteiger partial charge in [-0.25, -0.2) is 4.79 Å². The second kappa shape index (κ2) is 6.97. The minimum absolute atomic E-state index is 0.0345. The normalized spacial score (nSPS) is 15.5. The lowest BCUT2D eigenvalue weighted by Crippen LogP contribution is -2.27. The van der Waals surface area contributed by atoms with Gasteiger partial charge in [0.1, 0.15) is 5.75 Å². The molecular weight excluding hydrogens is 318 g/mol. The maximum Gasteiger partial charge on any atom is 0.341 e. The monoisotopic (exact) mass is 339 g/mol. The van der Waals surface area contributed by atoms with Crippen molar-refractivity contribution in [3.8, 4) is 5.75 Å². The van der Waals surface area contributed by atoms with Crippen LogP contribution in [0, 0.1) is 13.8 Å². The highest BCUT2D eigenvalue weighted by molar-refractivity contribution is 5.95. The van der Waals surface area contributed by atoms with Gasteiger partial charge in [0.15, 0.2) is 6.61 Å². The Bertz CT molecular complexity index is 805. The van der Waals surface area contributed by atoms with Crippen molar-refractivity contribution in [1.29, 1.82) is 0 Å². The summed E-state index contributed by atoms with van der Waals surface area (Å²) in [7, 11) is 0. The first-order valence-electron chi connectivity index (χ1n) is 8.30. The molecule has 3 rings (SSSR count). The van der Waals surface area contributed by atoms with Crippen molar-refractivity contribution in [3.05, 3.63) is 64.2 Å². The topological polar surface area (TPSA) is 75.6 Å². The molecule has 5 nitrogen and oxygen atoms in total. The van der Waals surface area contributed by atoms with Gasteiger partial charge >= 0.3 is 5.97 Å². The van der Waals surface area contributed by atoms with E-state index < -0.39 is 12.6 Å². The van der Waals surface area contributed by atoms with Crippen LogP contribution in [0.3, 0.4) is 0 Å². The van der Waals surface area contributed by atoms with Crippen LogP contribution in [-0.4, -0.2) is 23.6 Å². The second-order valence-electron chi connectivity index (χ2n) is 6.39. The van der Waals surface area contributed by atoms with Gasteiger partial charge in [-0.05, 0) is 61.1 Å². The van der Waals surface area contributed by atoms with Gasteiger partial charge in [-0.3, -0.25) is 4.79 Å². The van der Waals surface area contributed by atoms with Crippen molar-refractivity contribution >= 4 is 11.9 Å². The lowest BCUT2D eigenvalue weighted by molar-refractivity contribution is -0.139. The van der Waals surface area contributed by atoms with Crippen LogP contribution >= 0.6 is 0 Å². The van der Waals surface area contributed by atoms with Crippen LogP contribution in [0.1, 0.15) is 45.1 Å². The molecule has 0 aromatic heterocycles. The smallest absolute Gasteiger partial charge is 0.341 e. The highest BCUT2D eigenvalue weighted by Gasteiger charge is 2.24. The minimum atomic E-state index is -1.03. The number of fused-ring (bicyclic) bond motifs is 1. The Hall–Kier alpha value is -2.82. The average Bonchev–Trinajstić information content (AvgIpc) is 2.97. The highest BCUT2D eigenvalue weighted by Crippen LogP contribution is 2.31. The van der Waals surface area contributed by atoms with Crippen molar-refractivity contribution in [2.75, 3.05) is 6.61 Å². The summed E-state index contributed by atoms with van der Waals surface area (Å²) in [5.41, 5.74) is 4.53. The lowest BCUT2D eigenvalue weighted by Gasteiger charge is -2.16. The van der Waals surface area contributed by atoms with Crippen LogP contribution in [-0.2, 0) is 11.2 Å². The minimum Gasteiger partial charge on any atom is -0.481 e. The van der Waals surface area contributed by atoms with E-state index in [1.165, 1.54) is 11.1 Å². The molecule has 0 saturated carbocycles. The van der Waals surface area contributed by atoms with E-state index in [0.29, 0.717) is 11.3 Å². The zero-order valence-electron chi connectivity index (χ0n) is 14.3. The number of carbonyl (C=O) groups excluding carboxylic acids is 1. The van der Waals surface area contributed by atoms with Gasteiger partial charge in [0.25, 0.3) is 5.91 Å². The quantitative estimate of drug-likeness (QED) is 0.877. The molecule has 0 heterocycles. The van der Waals surface area contributed by atoms with Gasteiger partial charge < -0.3 is 15.2 Å². The molecule has 1 aliphatic rings. The number of aliphatic carboxylic acids is 1. The zero-order valence-corrected chi connectivity index (χ0v) is 14.3. The molecular formula is C20H21NO4. The Morgan fingerprint density at radius 2 is 1.88 bits per heavy atom. The fourth-order valence-corrected chi connectivity index (χ4v) is 3.39. The van der Waals surface area contributed by atoms with E-state index in [-0.39, 0.29) is 11.9 Å². The zero-order chi connectivity index (χ0) is 18.0. The molecule has 0 aliphatic heterocycles. The number of benzene rings is 2. The third-order valence-electron chi connectivity index (χ3n) is 4.50. The fourth-order valence-electron chi connectivity index (χ4n) is 3.39.